The molecule has 0 aliphatic carbocycles. The third-order valence-electron chi connectivity index (χ3n) is 3.14. The summed E-state index contributed by atoms with van der Waals surface area (Å²) in [6.07, 6.45) is 0.948. The van der Waals surface area contributed by atoms with E-state index in [4.69, 9.17) is 10.0 Å². The summed E-state index contributed by atoms with van der Waals surface area (Å²) in [6.45, 7) is 1.35. The Morgan fingerprint density at radius 3 is 2.70 bits per heavy atom. The molecule has 1 heterocycles. The topological polar surface area (TPSA) is 43.7 Å². The van der Waals surface area contributed by atoms with Crippen LogP contribution >= 0.6 is 11.3 Å². The molecule has 0 aliphatic heterocycles. The maximum atomic E-state index is 13.8. The summed E-state index contributed by atoms with van der Waals surface area (Å²) in [5.74, 6) is -0.404. The van der Waals surface area contributed by atoms with Crippen molar-refractivity contribution in [3.8, 4) is 0 Å². The van der Waals surface area contributed by atoms with E-state index in [1.807, 2.05) is 23.4 Å². The Kier molecular flexibility index (Phi) is 5.31. The second-order valence-electron chi connectivity index (χ2n) is 4.79. The molecule has 0 fully saturated rings. The highest BCUT2D eigenvalue weighted by atomic mass is 32.1. The zero-order chi connectivity index (χ0) is 14.5. The number of rotatable bonds is 6. The van der Waals surface area contributed by atoms with Crippen molar-refractivity contribution >= 4 is 23.9 Å². The zero-order valence-corrected chi connectivity index (χ0v) is 12.1. The maximum absolute atomic E-state index is 13.8. The third-order valence-corrected chi connectivity index (χ3v) is 4.07. The Balaban J connectivity index is 1.92. The Bertz CT molecular complexity index is 548. The molecule has 0 saturated heterocycles. The minimum absolute atomic E-state index is 0.174. The van der Waals surface area contributed by atoms with Gasteiger partial charge in [0.2, 0.25) is 0 Å². The molecule has 1 aromatic carbocycles. The predicted molar refractivity (Wildman–Crippen MR) is 80.6 cm³/mol. The zero-order valence-electron chi connectivity index (χ0n) is 11.3. The predicted octanol–water partition coefficient (Wildman–Crippen LogP) is 1.24. The van der Waals surface area contributed by atoms with Gasteiger partial charge in [0.15, 0.2) is 0 Å². The fourth-order valence-corrected chi connectivity index (χ4v) is 2.68. The normalized spacial score (nSPS) is 11.1. The SMILES string of the molecule is CN(CCc1cccs1)Cc1ccc(B(O)O)cc1F. The number of hydrogen-bond donors (Lipinski definition) is 2. The van der Waals surface area contributed by atoms with Gasteiger partial charge >= 0.3 is 7.12 Å². The molecule has 0 radical (unpaired) electrons. The van der Waals surface area contributed by atoms with E-state index in [-0.39, 0.29) is 5.46 Å². The summed E-state index contributed by atoms with van der Waals surface area (Å²) in [6, 6.07) is 8.43. The molecule has 0 amide bonds. The van der Waals surface area contributed by atoms with Crippen LogP contribution in [0.2, 0.25) is 0 Å². The van der Waals surface area contributed by atoms with Crippen LogP contribution in [0.15, 0.2) is 35.7 Å². The molecule has 20 heavy (non-hydrogen) atoms. The molecule has 0 aliphatic rings. The molecule has 2 rings (SSSR count). The van der Waals surface area contributed by atoms with Crippen LogP contribution in [0.1, 0.15) is 10.4 Å². The average Bonchev–Trinajstić information content (AvgIpc) is 2.91. The first kappa shape index (κ1) is 15.2. The maximum Gasteiger partial charge on any atom is 0.488 e. The summed E-state index contributed by atoms with van der Waals surface area (Å²) in [5, 5.41) is 20.0. The molecule has 6 heteroatoms. The van der Waals surface area contributed by atoms with Gasteiger partial charge < -0.3 is 14.9 Å². The van der Waals surface area contributed by atoms with Crippen LogP contribution in [0.3, 0.4) is 0 Å². The molecular weight excluding hydrogens is 276 g/mol. The number of hydrogen-bond acceptors (Lipinski definition) is 4. The van der Waals surface area contributed by atoms with E-state index in [9.17, 15) is 4.39 Å². The van der Waals surface area contributed by atoms with E-state index >= 15 is 0 Å². The molecule has 2 aromatic rings. The lowest BCUT2D eigenvalue weighted by molar-refractivity contribution is 0.326. The number of nitrogens with zero attached hydrogens (tertiary/aromatic N) is 1. The van der Waals surface area contributed by atoms with Crippen LogP contribution in [0, 0.1) is 5.82 Å². The van der Waals surface area contributed by atoms with Crippen LogP contribution in [-0.4, -0.2) is 35.7 Å². The lowest BCUT2D eigenvalue weighted by atomic mass is 9.80. The second-order valence-corrected chi connectivity index (χ2v) is 5.82. The van der Waals surface area contributed by atoms with Gasteiger partial charge in [-0.2, -0.15) is 0 Å². The van der Waals surface area contributed by atoms with Crippen molar-refractivity contribution < 1.29 is 14.4 Å². The van der Waals surface area contributed by atoms with E-state index < -0.39 is 12.9 Å². The fourth-order valence-electron chi connectivity index (χ4n) is 1.98. The van der Waals surface area contributed by atoms with Crippen molar-refractivity contribution in [3.05, 3.63) is 52.0 Å². The molecule has 0 bridgehead atoms. The Hall–Kier alpha value is -1.21. The number of thiophene rings is 1. The molecular formula is C14H17BFNO2S. The Labute approximate surface area is 122 Å². The van der Waals surface area contributed by atoms with Crippen molar-refractivity contribution in [2.75, 3.05) is 13.6 Å². The molecule has 0 saturated carbocycles. The van der Waals surface area contributed by atoms with Gasteiger partial charge in [-0.1, -0.05) is 18.2 Å². The molecule has 2 N–H and O–H groups in total. The van der Waals surface area contributed by atoms with E-state index in [0.717, 1.165) is 13.0 Å². The van der Waals surface area contributed by atoms with Crippen LogP contribution in [-0.2, 0) is 13.0 Å². The smallest absolute Gasteiger partial charge is 0.423 e. The van der Waals surface area contributed by atoms with Crippen LogP contribution in [0.25, 0.3) is 0 Å². The van der Waals surface area contributed by atoms with Gasteiger partial charge in [-0.05, 0) is 36.4 Å². The van der Waals surface area contributed by atoms with Crippen molar-refractivity contribution in [1.29, 1.82) is 0 Å². The standard InChI is InChI=1S/C14H17BFNO2S/c1-17(7-6-13-3-2-8-20-13)10-11-4-5-12(15(18)19)9-14(11)16/h2-5,8-9,18-19H,6-7,10H2,1H3. The van der Waals surface area contributed by atoms with Crippen molar-refractivity contribution in [1.82, 2.24) is 4.90 Å². The molecule has 0 spiro atoms. The highest BCUT2D eigenvalue weighted by Gasteiger charge is 2.14. The molecule has 0 unspecified atom stereocenters. The second kappa shape index (κ2) is 6.99. The Morgan fingerprint density at radius 1 is 1.30 bits per heavy atom. The van der Waals surface area contributed by atoms with E-state index in [1.165, 1.54) is 17.0 Å². The van der Waals surface area contributed by atoms with Crippen molar-refractivity contribution in [2.45, 2.75) is 13.0 Å². The molecule has 3 nitrogen and oxygen atoms in total. The van der Waals surface area contributed by atoms with Gasteiger partial charge in [0.25, 0.3) is 0 Å². The summed E-state index contributed by atoms with van der Waals surface area (Å²) >= 11 is 1.72. The largest absolute Gasteiger partial charge is 0.488 e. The lowest BCUT2D eigenvalue weighted by Gasteiger charge is -2.17. The number of halogens is 1. The minimum atomic E-state index is -1.63. The molecule has 0 atom stereocenters. The fraction of sp³-hybridized carbons (Fsp3) is 0.286. The lowest BCUT2D eigenvalue weighted by Crippen LogP contribution is -2.30. The average molecular weight is 293 g/mol. The quantitative estimate of drug-likeness (QED) is 0.788. The summed E-state index contributed by atoms with van der Waals surface area (Å²) in [7, 11) is 0.317. The van der Waals surface area contributed by atoms with Crippen LogP contribution < -0.4 is 5.46 Å². The summed E-state index contributed by atoms with van der Waals surface area (Å²) in [5.41, 5.74) is 0.732. The van der Waals surface area contributed by atoms with E-state index in [1.54, 1.807) is 17.4 Å². The summed E-state index contributed by atoms with van der Waals surface area (Å²) < 4.78 is 13.8. The number of benzene rings is 1. The first-order chi connectivity index (χ1) is 9.56. The van der Waals surface area contributed by atoms with E-state index in [2.05, 4.69) is 6.07 Å². The van der Waals surface area contributed by atoms with Gasteiger partial charge in [-0.15, -0.1) is 11.3 Å². The minimum Gasteiger partial charge on any atom is -0.423 e. The van der Waals surface area contributed by atoms with E-state index in [0.29, 0.717) is 12.1 Å². The molecule has 1 aromatic heterocycles. The van der Waals surface area contributed by atoms with Crippen LogP contribution in [0.5, 0.6) is 0 Å². The highest BCUT2D eigenvalue weighted by molar-refractivity contribution is 7.09. The third kappa shape index (κ3) is 4.14. The van der Waals surface area contributed by atoms with Crippen molar-refractivity contribution in [3.63, 3.8) is 0 Å². The monoisotopic (exact) mass is 293 g/mol. The van der Waals surface area contributed by atoms with Gasteiger partial charge in [0.1, 0.15) is 5.82 Å². The van der Waals surface area contributed by atoms with Gasteiger partial charge in [-0.25, -0.2) is 4.39 Å². The van der Waals surface area contributed by atoms with Gasteiger partial charge in [0.05, 0.1) is 0 Å². The van der Waals surface area contributed by atoms with Crippen LogP contribution in [0.4, 0.5) is 4.39 Å². The van der Waals surface area contributed by atoms with Gasteiger partial charge in [-0.3, -0.25) is 0 Å². The Morgan fingerprint density at radius 2 is 2.10 bits per heavy atom. The van der Waals surface area contributed by atoms with Gasteiger partial charge in [0, 0.05) is 23.5 Å². The first-order valence-corrected chi connectivity index (χ1v) is 7.29. The number of likely N-dealkylation sites (N-methyl/N-ethyl adjacent to an activating group) is 1. The first-order valence-electron chi connectivity index (χ1n) is 6.41. The van der Waals surface area contributed by atoms with Crippen molar-refractivity contribution in [2.24, 2.45) is 0 Å². The summed E-state index contributed by atoms with van der Waals surface area (Å²) in [4.78, 5) is 3.36. The molecule has 106 valence electrons. The highest BCUT2D eigenvalue weighted by Crippen LogP contribution is 2.12.